The summed E-state index contributed by atoms with van der Waals surface area (Å²) in [5, 5.41) is 0. The minimum Gasteiger partial charge on any atom is -0.398 e. The Kier molecular flexibility index (Phi) is 3.52. The molecule has 2 aromatic carbocycles. The van der Waals surface area contributed by atoms with Crippen molar-refractivity contribution in [2.75, 3.05) is 17.2 Å². The SMILES string of the molecule is NC(=O)c1cccc(CN2CCCc3c(N)cccc32)c1. The Morgan fingerprint density at radius 3 is 2.81 bits per heavy atom. The van der Waals surface area contributed by atoms with Gasteiger partial charge >= 0.3 is 0 Å². The van der Waals surface area contributed by atoms with Gasteiger partial charge in [0.2, 0.25) is 5.91 Å². The van der Waals surface area contributed by atoms with E-state index in [4.69, 9.17) is 11.5 Å². The zero-order chi connectivity index (χ0) is 14.8. The number of hydrogen-bond donors (Lipinski definition) is 2. The second-order valence-electron chi connectivity index (χ2n) is 5.43. The molecule has 2 aromatic rings. The maximum absolute atomic E-state index is 11.3. The molecule has 1 aliphatic heterocycles. The Morgan fingerprint density at radius 2 is 2.00 bits per heavy atom. The third-order valence-electron chi connectivity index (χ3n) is 3.97. The van der Waals surface area contributed by atoms with Crippen molar-refractivity contribution >= 4 is 17.3 Å². The molecule has 108 valence electrons. The Bertz CT molecular complexity index is 681. The van der Waals surface area contributed by atoms with Gasteiger partial charge in [0, 0.05) is 30.0 Å². The van der Waals surface area contributed by atoms with Crippen molar-refractivity contribution in [1.82, 2.24) is 0 Å². The molecule has 0 radical (unpaired) electrons. The lowest BCUT2D eigenvalue weighted by molar-refractivity contribution is 0.1000. The number of primary amides is 1. The second kappa shape index (κ2) is 5.48. The standard InChI is InChI=1S/C17H19N3O/c18-15-7-2-8-16-14(15)6-3-9-20(16)11-12-4-1-5-13(10-12)17(19)21/h1-2,4-5,7-8,10H,3,6,9,11,18H2,(H2,19,21). The maximum atomic E-state index is 11.3. The number of rotatable bonds is 3. The van der Waals surface area contributed by atoms with Crippen LogP contribution in [0.1, 0.15) is 27.9 Å². The summed E-state index contributed by atoms with van der Waals surface area (Å²) in [6.45, 7) is 1.76. The van der Waals surface area contributed by atoms with Crippen molar-refractivity contribution in [3.8, 4) is 0 Å². The fourth-order valence-corrected chi connectivity index (χ4v) is 2.94. The predicted molar refractivity (Wildman–Crippen MR) is 85.2 cm³/mol. The highest BCUT2D eigenvalue weighted by Crippen LogP contribution is 2.32. The number of nitrogens with two attached hydrogens (primary N) is 2. The molecule has 0 atom stereocenters. The molecule has 1 aliphatic rings. The van der Waals surface area contributed by atoms with Gasteiger partial charge in [-0.1, -0.05) is 18.2 Å². The largest absolute Gasteiger partial charge is 0.398 e. The van der Waals surface area contributed by atoms with Gasteiger partial charge < -0.3 is 16.4 Å². The monoisotopic (exact) mass is 281 g/mol. The molecular weight excluding hydrogens is 262 g/mol. The number of hydrogen-bond acceptors (Lipinski definition) is 3. The number of anilines is 2. The molecule has 4 heteroatoms. The number of fused-ring (bicyclic) bond motifs is 1. The molecule has 21 heavy (non-hydrogen) atoms. The molecule has 0 fully saturated rings. The second-order valence-corrected chi connectivity index (χ2v) is 5.43. The van der Waals surface area contributed by atoms with Gasteiger partial charge in [-0.25, -0.2) is 0 Å². The first kappa shape index (κ1) is 13.5. The van der Waals surface area contributed by atoms with E-state index in [1.165, 1.54) is 11.3 Å². The van der Waals surface area contributed by atoms with Crippen molar-refractivity contribution in [2.45, 2.75) is 19.4 Å². The van der Waals surface area contributed by atoms with Crippen LogP contribution >= 0.6 is 0 Å². The quantitative estimate of drug-likeness (QED) is 0.848. The number of benzene rings is 2. The number of amides is 1. The number of carbonyl (C=O) groups is 1. The molecule has 4 N–H and O–H groups in total. The van der Waals surface area contributed by atoms with Gasteiger partial charge in [0.05, 0.1) is 0 Å². The zero-order valence-electron chi connectivity index (χ0n) is 11.9. The fourth-order valence-electron chi connectivity index (χ4n) is 2.94. The molecule has 3 rings (SSSR count). The minimum absolute atomic E-state index is 0.389. The number of nitrogen functional groups attached to an aromatic ring is 1. The third-order valence-corrected chi connectivity index (χ3v) is 3.97. The molecule has 0 unspecified atom stereocenters. The Balaban J connectivity index is 1.89. The summed E-state index contributed by atoms with van der Waals surface area (Å²) in [6, 6.07) is 13.6. The molecular formula is C17H19N3O. The Hall–Kier alpha value is -2.49. The van der Waals surface area contributed by atoms with Gasteiger partial charge in [-0.05, 0) is 48.2 Å². The highest BCUT2D eigenvalue weighted by Gasteiger charge is 2.18. The highest BCUT2D eigenvalue weighted by molar-refractivity contribution is 5.92. The molecule has 0 saturated heterocycles. The number of carbonyl (C=O) groups excluding carboxylic acids is 1. The summed E-state index contributed by atoms with van der Waals surface area (Å²) in [6.07, 6.45) is 2.12. The molecule has 0 bridgehead atoms. The molecule has 1 amide bonds. The van der Waals surface area contributed by atoms with E-state index in [0.717, 1.165) is 37.2 Å². The van der Waals surface area contributed by atoms with Gasteiger partial charge in [0.15, 0.2) is 0 Å². The van der Waals surface area contributed by atoms with Gasteiger partial charge in [-0.3, -0.25) is 4.79 Å². The van der Waals surface area contributed by atoms with Crippen LogP contribution in [0.25, 0.3) is 0 Å². The lowest BCUT2D eigenvalue weighted by atomic mass is 9.99. The fraction of sp³-hybridized carbons (Fsp3) is 0.235. The lowest BCUT2D eigenvalue weighted by Gasteiger charge is -2.32. The number of nitrogens with zero attached hydrogens (tertiary/aromatic N) is 1. The van der Waals surface area contributed by atoms with E-state index in [9.17, 15) is 4.79 Å². The van der Waals surface area contributed by atoms with E-state index in [2.05, 4.69) is 11.0 Å². The lowest BCUT2D eigenvalue weighted by Crippen LogP contribution is -2.29. The van der Waals surface area contributed by atoms with Crippen molar-refractivity contribution in [1.29, 1.82) is 0 Å². The van der Waals surface area contributed by atoms with Crippen LogP contribution in [0.4, 0.5) is 11.4 Å². The average molecular weight is 281 g/mol. The first-order valence-electron chi connectivity index (χ1n) is 7.16. The molecule has 0 aliphatic carbocycles. The van der Waals surface area contributed by atoms with E-state index in [0.29, 0.717) is 5.56 Å². The topological polar surface area (TPSA) is 72.4 Å². The summed E-state index contributed by atoms with van der Waals surface area (Å²) >= 11 is 0. The van der Waals surface area contributed by atoms with Crippen LogP contribution in [0.3, 0.4) is 0 Å². The summed E-state index contributed by atoms with van der Waals surface area (Å²) < 4.78 is 0. The Morgan fingerprint density at radius 1 is 1.19 bits per heavy atom. The van der Waals surface area contributed by atoms with E-state index >= 15 is 0 Å². The van der Waals surface area contributed by atoms with E-state index in [1.54, 1.807) is 6.07 Å². The van der Waals surface area contributed by atoms with E-state index in [-0.39, 0.29) is 5.91 Å². The predicted octanol–water partition coefficient (Wildman–Crippen LogP) is 2.32. The summed E-state index contributed by atoms with van der Waals surface area (Å²) in [5.41, 5.74) is 16.3. The van der Waals surface area contributed by atoms with Crippen LogP contribution in [0.5, 0.6) is 0 Å². The van der Waals surface area contributed by atoms with Crippen LogP contribution in [0.15, 0.2) is 42.5 Å². The normalized spacial score (nSPS) is 13.8. The first-order chi connectivity index (χ1) is 10.1. The summed E-state index contributed by atoms with van der Waals surface area (Å²) in [4.78, 5) is 13.6. The zero-order valence-corrected chi connectivity index (χ0v) is 11.9. The Labute approximate surface area is 124 Å². The third kappa shape index (κ3) is 2.70. The van der Waals surface area contributed by atoms with Crippen LogP contribution < -0.4 is 16.4 Å². The van der Waals surface area contributed by atoms with Gasteiger partial charge in [-0.15, -0.1) is 0 Å². The van der Waals surface area contributed by atoms with E-state index in [1.807, 2.05) is 30.3 Å². The van der Waals surface area contributed by atoms with Gasteiger partial charge in [0.25, 0.3) is 0 Å². The minimum atomic E-state index is -0.389. The summed E-state index contributed by atoms with van der Waals surface area (Å²) in [5.74, 6) is -0.389. The van der Waals surface area contributed by atoms with Crippen LogP contribution in [0, 0.1) is 0 Å². The molecule has 0 saturated carbocycles. The highest BCUT2D eigenvalue weighted by atomic mass is 16.1. The van der Waals surface area contributed by atoms with Crippen LogP contribution in [-0.2, 0) is 13.0 Å². The van der Waals surface area contributed by atoms with E-state index < -0.39 is 0 Å². The van der Waals surface area contributed by atoms with Gasteiger partial charge in [-0.2, -0.15) is 0 Å². The van der Waals surface area contributed by atoms with Crippen molar-refractivity contribution in [3.63, 3.8) is 0 Å². The molecule has 0 aromatic heterocycles. The van der Waals surface area contributed by atoms with Crippen molar-refractivity contribution in [3.05, 3.63) is 59.2 Å². The first-order valence-corrected chi connectivity index (χ1v) is 7.16. The summed E-state index contributed by atoms with van der Waals surface area (Å²) in [7, 11) is 0. The maximum Gasteiger partial charge on any atom is 0.248 e. The average Bonchev–Trinajstić information content (AvgIpc) is 2.49. The van der Waals surface area contributed by atoms with Crippen LogP contribution in [-0.4, -0.2) is 12.5 Å². The van der Waals surface area contributed by atoms with Gasteiger partial charge in [0.1, 0.15) is 0 Å². The van der Waals surface area contributed by atoms with Crippen LogP contribution in [0.2, 0.25) is 0 Å². The van der Waals surface area contributed by atoms with Crippen molar-refractivity contribution < 1.29 is 4.79 Å². The molecule has 0 spiro atoms. The van der Waals surface area contributed by atoms with Crippen molar-refractivity contribution in [2.24, 2.45) is 5.73 Å². The molecule has 4 nitrogen and oxygen atoms in total. The molecule has 1 heterocycles. The smallest absolute Gasteiger partial charge is 0.248 e.